The Morgan fingerprint density at radius 2 is 1.69 bits per heavy atom. The van der Waals surface area contributed by atoms with Gasteiger partial charge in [0, 0.05) is 18.4 Å². The van der Waals surface area contributed by atoms with Crippen molar-refractivity contribution in [3.8, 4) is 0 Å². The molecule has 0 radical (unpaired) electrons. The summed E-state index contributed by atoms with van der Waals surface area (Å²) in [6.45, 7) is 0.462. The molecule has 1 aromatic heterocycles. The fraction of sp³-hybridized carbons (Fsp3) is 0.100. The highest BCUT2D eigenvalue weighted by Gasteiger charge is 2.11. The minimum absolute atomic E-state index is 0.166. The summed E-state index contributed by atoms with van der Waals surface area (Å²) in [4.78, 5) is 16.2. The Morgan fingerprint density at radius 1 is 0.962 bits per heavy atom. The summed E-state index contributed by atoms with van der Waals surface area (Å²) >= 11 is 0. The van der Waals surface area contributed by atoms with Gasteiger partial charge in [-0.25, -0.2) is 8.78 Å². The fourth-order valence-corrected chi connectivity index (χ4v) is 2.45. The second-order valence-electron chi connectivity index (χ2n) is 5.64. The van der Waals surface area contributed by atoms with E-state index in [2.05, 4.69) is 15.6 Å². The Labute approximate surface area is 149 Å². The van der Waals surface area contributed by atoms with Crippen LogP contribution in [0.1, 0.15) is 16.1 Å². The predicted octanol–water partition coefficient (Wildman–Crippen LogP) is 4.08. The number of benzene rings is 2. The van der Waals surface area contributed by atoms with Crippen LogP contribution in [-0.4, -0.2) is 17.4 Å². The number of halogens is 2. The second kappa shape index (κ2) is 8.20. The molecule has 0 bridgehead atoms. The molecular formula is C20H17F2N3O. The maximum absolute atomic E-state index is 13.7. The number of nitrogens with one attached hydrogen (secondary N) is 2. The Hall–Kier alpha value is -3.28. The highest BCUT2D eigenvalue weighted by atomic mass is 19.1. The van der Waals surface area contributed by atoms with Gasteiger partial charge in [0.15, 0.2) is 0 Å². The van der Waals surface area contributed by atoms with Crippen molar-refractivity contribution in [1.29, 1.82) is 0 Å². The number of amides is 1. The van der Waals surface area contributed by atoms with E-state index in [-0.39, 0.29) is 17.3 Å². The van der Waals surface area contributed by atoms with E-state index in [1.165, 1.54) is 24.4 Å². The summed E-state index contributed by atoms with van der Waals surface area (Å²) in [5.74, 6) is -1.77. The number of anilines is 2. The number of para-hydroxylation sites is 1. The first-order chi connectivity index (χ1) is 12.6. The van der Waals surface area contributed by atoms with Crippen LogP contribution in [0.3, 0.4) is 0 Å². The van der Waals surface area contributed by atoms with Gasteiger partial charge in [0.2, 0.25) is 0 Å². The number of rotatable bonds is 6. The molecule has 1 amide bonds. The summed E-state index contributed by atoms with van der Waals surface area (Å²) in [6.07, 6.45) is 2.11. The van der Waals surface area contributed by atoms with E-state index in [0.717, 1.165) is 17.7 Å². The molecule has 0 aliphatic carbocycles. The molecule has 4 nitrogen and oxygen atoms in total. The van der Waals surface area contributed by atoms with Crippen molar-refractivity contribution in [2.75, 3.05) is 11.9 Å². The monoisotopic (exact) mass is 353 g/mol. The maximum atomic E-state index is 13.7. The third-order valence-electron chi connectivity index (χ3n) is 3.77. The first-order valence-electron chi connectivity index (χ1n) is 8.13. The van der Waals surface area contributed by atoms with E-state index in [1.807, 2.05) is 30.3 Å². The van der Waals surface area contributed by atoms with Gasteiger partial charge in [-0.05, 0) is 36.2 Å². The van der Waals surface area contributed by atoms with Gasteiger partial charge in [-0.3, -0.25) is 9.78 Å². The van der Waals surface area contributed by atoms with E-state index < -0.39 is 11.6 Å². The average Bonchev–Trinajstić information content (AvgIpc) is 2.66. The number of aromatic nitrogens is 1. The molecule has 3 rings (SSSR count). The number of carbonyl (C=O) groups is 1. The Bertz CT molecular complexity index is 880. The minimum atomic E-state index is -0.712. The highest BCUT2D eigenvalue weighted by Crippen LogP contribution is 2.23. The lowest BCUT2D eigenvalue weighted by molar-refractivity contribution is 0.0949. The molecule has 0 spiro atoms. The molecule has 6 heteroatoms. The molecule has 0 fully saturated rings. The van der Waals surface area contributed by atoms with Crippen LogP contribution in [0.4, 0.5) is 20.2 Å². The van der Waals surface area contributed by atoms with Crippen LogP contribution in [0.2, 0.25) is 0 Å². The van der Waals surface area contributed by atoms with E-state index in [9.17, 15) is 13.6 Å². The van der Waals surface area contributed by atoms with Crippen molar-refractivity contribution >= 4 is 17.3 Å². The molecule has 132 valence electrons. The zero-order valence-electron chi connectivity index (χ0n) is 13.9. The summed E-state index contributed by atoms with van der Waals surface area (Å²) < 4.78 is 27.5. The van der Waals surface area contributed by atoms with Crippen molar-refractivity contribution < 1.29 is 13.6 Å². The fourth-order valence-electron chi connectivity index (χ4n) is 2.45. The standard InChI is InChI=1S/C20H17F2N3O/c21-16-7-4-8-17(22)19(16)25-15-10-12-23-18(13-15)20(26)24-11-9-14-5-2-1-3-6-14/h1-8,10,12-13H,9,11H2,(H,23,25)(H,24,26). The lowest BCUT2D eigenvalue weighted by atomic mass is 10.1. The highest BCUT2D eigenvalue weighted by molar-refractivity contribution is 5.93. The zero-order chi connectivity index (χ0) is 18.4. The van der Waals surface area contributed by atoms with Gasteiger partial charge in [-0.2, -0.15) is 0 Å². The van der Waals surface area contributed by atoms with E-state index >= 15 is 0 Å². The van der Waals surface area contributed by atoms with Gasteiger partial charge < -0.3 is 10.6 Å². The van der Waals surface area contributed by atoms with Crippen LogP contribution in [0.5, 0.6) is 0 Å². The molecule has 2 aromatic carbocycles. The molecule has 3 aromatic rings. The van der Waals surface area contributed by atoms with E-state index in [1.54, 1.807) is 0 Å². The molecule has 0 aliphatic heterocycles. The molecule has 26 heavy (non-hydrogen) atoms. The van der Waals surface area contributed by atoms with Crippen LogP contribution in [0.15, 0.2) is 66.9 Å². The van der Waals surface area contributed by atoms with Gasteiger partial charge >= 0.3 is 0 Å². The molecule has 0 saturated carbocycles. The van der Waals surface area contributed by atoms with Crippen LogP contribution in [0, 0.1) is 11.6 Å². The van der Waals surface area contributed by atoms with E-state index in [0.29, 0.717) is 18.7 Å². The number of hydrogen-bond acceptors (Lipinski definition) is 3. The molecule has 0 saturated heterocycles. The average molecular weight is 353 g/mol. The molecule has 1 heterocycles. The predicted molar refractivity (Wildman–Crippen MR) is 96.4 cm³/mol. The number of pyridine rings is 1. The maximum Gasteiger partial charge on any atom is 0.269 e. The van der Waals surface area contributed by atoms with Crippen LogP contribution in [-0.2, 0) is 6.42 Å². The third kappa shape index (κ3) is 4.42. The normalized spacial score (nSPS) is 10.4. The lowest BCUT2D eigenvalue weighted by Gasteiger charge is -2.10. The Balaban J connectivity index is 1.64. The molecule has 0 aliphatic rings. The largest absolute Gasteiger partial charge is 0.351 e. The van der Waals surface area contributed by atoms with Gasteiger partial charge in [-0.15, -0.1) is 0 Å². The van der Waals surface area contributed by atoms with Crippen molar-refractivity contribution in [2.24, 2.45) is 0 Å². The van der Waals surface area contributed by atoms with Crippen LogP contribution in [0.25, 0.3) is 0 Å². The third-order valence-corrected chi connectivity index (χ3v) is 3.77. The SMILES string of the molecule is O=C(NCCc1ccccc1)c1cc(Nc2c(F)cccc2F)ccn1. The number of hydrogen-bond donors (Lipinski definition) is 2. The minimum Gasteiger partial charge on any atom is -0.351 e. The summed E-state index contributed by atoms with van der Waals surface area (Å²) in [5, 5.41) is 5.43. The molecule has 0 atom stereocenters. The topological polar surface area (TPSA) is 54.0 Å². The van der Waals surface area contributed by atoms with Crippen molar-refractivity contribution in [3.05, 3.63) is 89.8 Å². The number of nitrogens with zero attached hydrogens (tertiary/aromatic N) is 1. The Kier molecular flexibility index (Phi) is 5.53. The molecular weight excluding hydrogens is 336 g/mol. The van der Waals surface area contributed by atoms with Crippen molar-refractivity contribution in [3.63, 3.8) is 0 Å². The first kappa shape index (κ1) is 17.5. The number of carbonyl (C=O) groups excluding carboxylic acids is 1. The summed E-state index contributed by atoms with van der Waals surface area (Å²) in [5.41, 5.74) is 1.39. The molecule has 0 unspecified atom stereocenters. The van der Waals surface area contributed by atoms with Gasteiger partial charge in [0.25, 0.3) is 5.91 Å². The Morgan fingerprint density at radius 3 is 2.42 bits per heavy atom. The van der Waals surface area contributed by atoms with Gasteiger partial charge in [-0.1, -0.05) is 36.4 Å². The van der Waals surface area contributed by atoms with Crippen molar-refractivity contribution in [1.82, 2.24) is 10.3 Å². The van der Waals surface area contributed by atoms with Crippen molar-refractivity contribution in [2.45, 2.75) is 6.42 Å². The lowest BCUT2D eigenvalue weighted by Crippen LogP contribution is -2.26. The van der Waals surface area contributed by atoms with Crippen LogP contribution >= 0.6 is 0 Å². The van der Waals surface area contributed by atoms with Gasteiger partial charge in [0.05, 0.1) is 0 Å². The molecule has 2 N–H and O–H groups in total. The quantitative estimate of drug-likeness (QED) is 0.702. The summed E-state index contributed by atoms with van der Waals surface area (Å²) in [7, 11) is 0. The first-order valence-corrected chi connectivity index (χ1v) is 8.13. The van der Waals surface area contributed by atoms with Crippen LogP contribution < -0.4 is 10.6 Å². The summed E-state index contributed by atoms with van der Waals surface area (Å²) in [6, 6.07) is 16.4. The second-order valence-corrected chi connectivity index (χ2v) is 5.64. The smallest absolute Gasteiger partial charge is 0.269 e. The van der Waals surface area contributed by atoms with E-state index in [4.69, 9.17) is 0 Å². The zero-order valence-corrected chi connectivity index (χ0v) is 13.9. The van der Waals surface area contributed by atoms with Gasteiger partial charge in [0.1, 0.15) is 23.0 Å².